The Morgan fingerprint density at radius 3 is 2.95 bits per heavy atom. The van der Waals surface area contributed by atoms with E-state index in [0.29, 0.717) is 6.42 Å². The Hall–Kier alpha value is -2.08. The van der Waals surface area contributed by atoms with Crippen LogP contribution in [-0.4, -0.2) is 27.0 Å². The Morgan fingerprint density at radius 1 is 1.19 bits per heavy atom. The van der Waals surface area contributed by atoms with Crippen LogP contribution in [0.15, 0.2) is 24.3 Å². The van der Waals surface area contributed by atoms with E-state index >= 15 is 0 Å². The second kappa shape index (κ2) is 5.04. The third-order valence-corrected chi connectivity index (χ3v) is 4.60. The molecule has 4 rings (SSSR count). The molecule has 1 aliphatic rings. The summed E-state index contributed by atoms with van der Waals surface area (Å²) < 4.78 is 0. The van der Waals surface area contributed by atoms with Crippen LogP contribution in [0.2, 0.25) is 0 Å². The zero-order valence-electron chi connectivity index (χ0n) is 11.7. The molecule has 0 amide bonds. The monoisotopic (exact) mass is 297 g/mol. The quantitative estimate of drug-likeness (QED) is 0.778. The predicted molar refractivity (Wildman–Crippen MR) is 85.5 cm³/mol. The van der Waals surface area contributed by atoms with E-state index in [2.05, 4.69) is 20.3 Å². The van der Waals surface area contributed by atoms with E-state index in [1.165, 1.54) is 5.56 Å². The summed E-state index contributed by atoms with van der Waals surface area (Å²) in [5.74, 6) is 4.65. The summed E-state index contributed by atoms with van der Waals surface area (Å²) >= 11 is 1.89. The molecular weight excluding hydrogens is 282 g/mol. The first-order valence-corrected chi connectivity index (χ1v) is 8.07. The minimum absolute atomic E-state index is 0.626. The van der Waals surface area contributed by atoms with Gasteiger partial charge in [-0.3, -0.25) is 0 Å². The molecule has 2 aromatic heterocycles. The van der Waals surface area contributed by atoms with Crippen molar-refractivity contribution in [3.63, 3.8) is 0 Å². The molecule has 2 N–H and O–H groups in total. The van der Waals surface area contributed by atoms with Crippen LogP contribution < -0.4 is 5.32 Å². The van der Waals surface area contributed by atoms with Crippen LogP contribution in [0.5, 0.6) is 0 Å². The number of anilines is 1. The van der Waals surface area contributed by atoms with Gasteiger partial charge in [0, 0.05) is 24.1 Å². The van der Waals surface area contributed by atoms with Gasteiger partial charge in [0.15, 0.2) is 0 Å². The van der Waals surface area contributed by atoms with E-state index in [0.717, 1.165) is 45.7 Å². The molecule has 0 bridgehead atoms. The van der Waals surface area contributed by atoms with E-state index < -0.39 is 0 Å². The number of benzene rings is 1. The first-order valence-electron chi connectivity index (χ1n) is 6.91. The van der Waals surface area contributed by atoms with Crippen molar-refractivity contribution >= 4 is 28.6 Å². The number of aromatic nitrogens is 4. The van der Waals surface area contributed by atoms with Crippen molar-refractivity contribution < 1.29 is 0 Å². The number of hydrogen-bond acceptors (Lipinski definition) is 5. The van der Waals surface area contributed by atoms with Gasteiger partial charge in [0.25, 0.3) is 0 Å². The zero-order chi connectivity index (χ0) is 14.2. The summed E-state index contributed by atoms with van der Waals surface area (Å²) in [6.07, 6.45) is 0.626. The van der Waals surface area contributed by atoms with Crippen molar-refractivity contribution in [3.05, 3.63) is 47.2 Å². The van der Waals surface area contributed by atoms with Gasteiger partial charge in [-0.05, 0) is 12.1 Å². The number of hydrogen-bond donors (Lipinski definition) is 2. The maximum atomic E-state index is 4.70. The molecule has 21 heavy (non-hydrogen) atoms. The fourth-order valence-electron chi connectivity index (χ4n) is 2.63. The van der Waals surface area contributed by atoms with Crippen LogP contribution in [0.3, 0.4) is 0 Å². The van der Waals surface area contributed by atoms with Crippen molar-refractivity contribution in [1.29, 1.82) is 0 Å². The van der Waals surface area contributed by atoms with Crippen LogP contribution >= 0.6 is 11.8 Å². The topological polar surface area (TPSA) is 66.5 Å². The number of rotatable bonds is 3. The number of fused-ring (bicyclic) bond motifs is 2. The molecule has 0 fully saturated rings. The summed E-state index contributed by atoms with van der Waals surface area (Å²) in [6, 6.07) is 8.04. The van der Waals surface area contributed by atoms with Gasteiger partial charge >= 0.3 is 0 Å². The lowest BCUT2D eigenvalue weighted by atomic mass is 10.2. The molecule has 0 spiro atoms. The number of thioether (sulfide) groups is 1. The van der Waals surface area contributed by atoms with E-state index in [1.807, 2.05) is 43.1 Å². The van der Waals surface area contributed by atoms with Crippen LogP contribution in [0.1, 0.15) is 22.9 Å². The molecule has 0 saturated carbocycles. The lowest BCUT2D eigenvalue weighted by molar-refractivity contribution is 0.893. The number of H-pyrrole nitrogens is 1. The highest BCUT2D eigenvalue weighted by Crippen LogP contribution is 2.32. The summed E-state index contributed by atoms with van der Waals surface area (Å²) in [7, 11) is 1.91. The maximum Gasteiger partial charge on any atom is 0.138 e. The van der Waals surface area contributed by atoms with Gasteiger partial charge in [0.05, 0.1) is 23.1 Å². The van der Waals surface area contributed by atoms with Crippen molar-refractivity contribution in [1.82, 2.24) is 19.9 Å². The SMILES string of the molecule is CNc1nc(Cc2nc3ccccc3[nH]2)nc2c1CSC2. The second-order valence-corrected chi connectivity index (χ2v) is 6.02. The molecule has 5 nitrogen and oxygen atoms in total. The highest BCUT2D eigenvalue weighted by Gasteiger charge is 2.19. The molecule has 3 heterocycles. The summed E-state index contributed by atoms with van der Waals surface area (Å²) in [4.78, 5) is 17.3. The third-order valence-electron chi connectivity index (χ3n) is 3.63. The number of imidazole rings is 1. The highest BCUT2D eigenvalue weighted by molar-refractivity contribution is 7.98. The molecule has 106 valence electrons. The lowest BCUT2D eigenvalue weighted by Crippen LogP contribution is -2.07. The van der Waals surface area contributed by atoms with Gasteiger partial charge in [-0.1, -0.05) is 12.1 Å². The smallest absolute Gasteiger partial charge is 0.138 e. The fourth-order valence-corrected chi connectivity index (χ4v) is 3.67. The maximum absolute atomic E-state index is 4.70. The molecule has 1 aromatic carbocycles. The van der Waals surface area contributed by atoms with E-state index in [9.17, 15) is 0 Å². The van der Waals surface area contributed by atoms with Crippen LogP contribution in [0, 0.1) is 0 Å². The number of nitrogens with one attached hydrogen (secondary N) is 2. The zero-order valence-corrected chi connectivity index (χ0v) is 12.5. The van der Waals surface area contributed by atoms with Crippen molar-refractivity contribution in [2.24, 2.45) is 0 Å². The Balaban J connectivity index is 1.70. The van der Waals surface area contributed by atoms with Gasteiger partial charge in [0.2, 0.25) is 0 Å². The van der Waals surface area contributed by atoms with E-state index in [1.54, 1.807) is 0 Å². The molecule has 0 saturated heterocycles. The largest absolute Gasteiger partial charge is 0.373 e. The molecule has 0 aliphatic carbocycles. The number of para-hydroxylation sites is 2. The lowest BCUT2D eigenvalue weighted by Gasteiger charge is -2.08. The first-order chi connectivity index (χ1) is 10.3. The Morgan fingerprint density at radius 2 is 2.10 bits per heavy atom. The first kappa shape index (κ1) is 12.6. The predicted octanol–water partition coefficient (Wildman–Crippen LogP) is 2.73. The standard InChI is InChI=1S/C15H15N5S/c1-16-15-9-7-21-8-12(9)19-14(20-15)6-13-17-10-4-2-3-5-11(10)18-13/h2-5H,6-8H2,1H3,(H,17,18)(H,16,19,20). The number of aromatic amines is 1. The Bertz CT molecular complexity index is 778. The molecule has 6 heteroatoms. The summed E-state index contributed by atoms with van der Waals surface area (Å²) in [5, 5.41) is 3.19. The van der Waals surface area contributed by atoms with Crippen molar-refractivity contribution in [2.75, 3.05) is 12.4 Å². The van der Waals surface area contributed by atoms with Gasteiger partial charge in [-0.15, -0.1) is 0 Å². The Labute approximate surface area is 126 Å². The van der Waals surface area contributed by atoms with E-state index in [-0.39, 0.29) is 0 Å². The van der Waals surface area contributed by atoms with Gasteiger partial charge in [-0.2, -0.15) is 11.8 Å². The molecular formula is C15H15N5S. The number of nitrogens with zero attached hydrogens (tertiary/aromatic N) is 3. The summed E-state index contributed by atoms with van der Waals surface area (Å²) in [6.45, 7) is 0. The molecule has 0 radical (unpaired) electrons. The molecule has 1 aliphatic heterocycles. The van der Waals surface area contributed by atoms with Crippen LogP contribution in [0.25, 0.3) is 11.0 Å². The van der Waals surface area contributed by atoms with Gasteiger partial charge < -0.3 is 10.3 Å². The minimum Gasteiger partial charge on any atom is -0.373 e. The Kier molecular flexibility index (Phi) is 3.03. The van der Waals surface area contributed by atoms with Crippen molar-refractivity contribution in [2.45, 2.75) is 17.9 Å². The highest BCUT2D eigenvalue weighted by atomic mass is 32.2. The van der Waals surface area contributed by atoms with Crippen molar-refractivity contribution in [3.8, 4) is 0 Å². The minimum atomic E-state index is 0.626. The average molecular weight is 297 g/mol. The molecule has 0 unspecified atom stereocenters. The van der Waals surface area contributed by atoms with Gasteiger partial charge in [-0.25, -0.2) is 15.0 Å². The van der Waals surface area contributed by atoms with E-state index in [4.69, 9.17) is 4.98 Å². The van der Waals surface area contributed by atoms with Gasteiger partial charge in [0.1, 0.15) is 17.5 Å². The molecule has 0 atom stereocenters. The normalized spacial score (nSPS) is 13.6. The summed E-state index contributed by atoms with van der Waals surface area (Å²) in [5.41, 5.74) is 4.44. The molecule has 3 aromatic rings. The van der Waals surface area contributed by atoms with Crippen LogP contribution in [0.4, 0.5) is 5.82 Å². The average Bonchev–Trinajstić information content (AvgIpc) is 3.11. The van der Waals surface area contributed by atoms with Crippen LogP contribution in [-0.2, 0) is 17.9 Å². The fraction of sp³-hybridized carbons (Fsp3) is 0.267. The second-order valence-electron chi connectivity index (χ2n) is 5.03. The third kappa shape index (κ3) is 2.25.